The predicted octanol–water partition coefficient (Wildman–Crippen LogP) is 0.515. The van der Waals surface area contributed by atoms with Gasteiger partial charge >= 0.3 is 0 Å². The maximum absolute atomic E-state index is 4.32. The van der Waals surface area contributed by atoms with Crippen molar-refractivity contribution >= 4 is 16.9 Å². The topological polar surface area (TPSA) is 78.5 Å². The first-order valence-electron chi connectivity index (χ1n) is 6.04. The second kappa shape index (κ2) is 3.40. The van der Waals surface area contributed by atoms with Crippen LogP contribution in [0.5, 0.6) is 0 Å². The summed E-state index contributed by atoms with van der Waals surface area (Å²) in [4.78, 5) is 8.46. The molecule has 3 N–H and O–H groups in total. The molecule has 2 aromatic rings. The summed E-state index contributed by atoms with van der Waals surface area (Å²) in [6.45, 7) is 1.17. The van der Waals surface area contributed by atoms with E-state index in [0.29, 0.717) is 12.1 Å². The van der Waals surface area contributed by atoms with Crippen molar-refractivity contribution < 1.29 is 0 Å². The molecule has 1 aliphatic heterocycles. The number of fused-ring (bicyclic) bond motifs is 3. The molecule has 6 nitrogen and oxygen atoms in total. The highest BCUT2D eigenvalue weighted by atomic mass is 15.2. The fourth-order valence-corrected chi connectivity index (χ4v) is 3.07. The zero-order chi connectivity index (χ0) is 11.2. The molecule has 0 aromatic carbocycles. The lowest BCUT2D eigenvalue weighted by Crippen LogP contribution is -2.41. The van der Waals surface area contributed by atoms with Gasteiger partial charge in [0.05, 0.1) is 11.6 Å². The van der Waals surface area contributed by atoms with Gasteiger partial charge in [-0.3, -0.25) is 5.10 Å². The molecule has 1 saturated carbocycles. The van der Waals surface area contributed by atoms with Crippen LogP contribution in [0, 0.1) is 5.92 Å². The van der Waals surface area contributed by atoms with E-state index in [0.717, 1.165) is 22.8 Å². The molecule has 0 radical (unpaired) electrons. The van der Waals surface area contributed by atoms with Gasteiger partial charge in [-0.15, -0.1) is 0 Å². The fourth-order valence-electron chi connectivity index (χ4n) is 3.07. The van der Waals surface area contributed by atoms with Crippen molar-refractivity contribution in [2.24, 2.45) is 5.92 Å². The third-order valence-electron chi connectivity index (χ3n) is 3.90. The lowest BCUT2D eigenvalue weighted by molar-refractivity contribution is 0.466. The number of hydrogen-bond acceptors (Lipinski definition) is 5. The number of nitrogens with zero attached hydrogens (tertiary/aromatic N) is 3. The molecule has 0 amide bonds. The summed E-state index contributed by atoms with van der Waals surface area (Å²) in [5.41, 5.74) is 0.790. The summed E-state index contributed by atoms with van der Waals surface area (Å²) in [7, 11) is 0. The highest BCUT2D eigenvalue weighted by Gasteiger charge is 2.39. The summed E-state index contributed by atoms with van der Waals surface area (Å²) in [5, 5.41) is 14.9. The van der Waals surface area contributed by atoms with E-state index in [1.807, 2.05) is 0 Å². The van der Waals surface area contributed by atoms with Crippen LogP contribution in [-0.4, -0.2) is 38.8 Å². The van der Waals surface area contributed by atoms with Crippen LogP contribution in [0.3, 0.4) is 0 Å². The average Bonchev–Trinajstić information content (AvgIpc) is 3.04. The van der Waals surface area contributed by atoms with Gasteiger partial charge in [0.1, 0.15) is 12.1 Å². The first kappa shape index (κ1) is 9.35. The van der Waals surface area contributed by atoms with Crippen molar-refractivity contribution in [3.8, 4) is 0 Å². The third kappa shape index (κ3) is 1.40. The molecule has 4 rings (SSSR count). The maximum atomic E-state index is 4.32. The molecule has 88 valence electrons. The van der Waals surface area contributed by atoms with Crippen molar-refractivity contribution in [1.82, 2.24) is 25.5 Å². The number of piperidine rings is 1. The minimum atomic E-state index is 0.488. The van der Waals surface area contributed by atoms with E-state index in [-0.39, 0.29) is 0 Å². The van der Waals surface area contributed by atoms with E-state index in [4.69, 9.17) is 0 Å². The van der Waals surface area contributed by atoms with Gasteiger partial charge in [-0.2, -0.15) is 5.10 Å². The van der Waals surface area contributed by atoms with E-state index in [1.165, 1.54) is 19.4 Å². The number of rotatable bonds is 2. The smallest absolute Gasteiger partial charge is 0.160 e. The number of aromatic nitrogens is 4. The largest absolute Gasteiger partial charge is 0.365 e. The molecule has 3 heterocycles. The van der Waals surface area contributed by atoms with Gasteiger partial charge in [-0.05, 0) is 25.3 Å². The van der Waals surface area contributed by atoms with Crippen molar-refractivity contribution in [3.05, 3.63) is 12.5 Å². The summed E-state index contributed by atoms with van der Waals surface area (Å²) in [5.74, 6) is 1.72. The minimum absolute atomic E-state index is 0.488. The Balaban J connectivity index is 1.65. The van der Waals surface area contributed by atoms with Crippen LogP contribution in [-0.2, 0) is 0 Å². The Labute approximate surface area is 98.2 Å². The second-order valence-corrected chi connectivity index (χ2v) is 4.96. The quantitative estimate of drug-likeness (QED) is 0.701. The molecule has 2 fully saturated rings. The van der Waals surface area contributed by atoms with Crippen LogP contribution in [0.25, 0.3) is 11.0 Å². The highest BCUT2D eigenvalue weighted by molar-refractivity contribution is 5.85. The van der Waals surface area contributed by atoms with Gasteiger partial charge < -0.3 is 10.6 Å². The van der Waals surface area contributed by atoms with Crippen molar-refractivity contribution in [2.45, 2.75) is 24.9 Å². The van der Waals surface area contributed by atoms with Crippen LogP contribution < -0.4 is 10.6 Å². The molecule has 1 aliphatic carbocycles. The van der Waals surface area contributed by atoms with Gasteiger partial charge in [0.2, 0.25) is 0 Å². The van der Waals surface area contributed by atoms with Gasteiger partial charge in [0.25, 0.3) is 0 Å². The fraction of sp³-hybridized carbons (Fsp3) is 0.545. The first-order valence-corrected chi connectivity index (χ1v) is 6.04. The van der Waals surface area contributed by atoms with E-state index in [1.54, 1.807) is 12.5 Å². The maximum Gasteiger partial charge on any atom is 0.160 e. The van der Waals surface area contributed by atoms with Gasteiger partial charge in [-0.25, -0.2) is 9.97 Å². The molecule has 1 saturated heterocycles. The molecule has 2 bridgehead atoms. The van der Waals surface area contributed by atoms with Crippen LogP contribution in [0.15, 0.2) is 12.5 Å². The van der Waals surface area contributed by atoms with E-state index < -0.39 is 0 Å². The van der Waals surface area contributed by atoms with Crippen LogP contribution in [0.2, 0.25) is 0 Å². The van der Waals surface area contributed by atoms with Crippen molar-refractivity contribution in [2.75, 3.05) is 11.9 Å². The highest BCUT2D eigenvalue weighted by Crippen LogP contribution is 2.33. The van der Waals surface area contributed by atoms with Gasteiger partial charge in [-0.1, -0.05) is 0 Å². The molecule has 2 aromatic heterocycles. The minimum Gasteiger partial charge on any atom is -0.365 e. The zero-order valence-corrected chi connectivity index (χ0v) is 9.35. The second-order valence-electron chi connectivity index (χ2n) is 4.96. The molecular weight excluding hydrogens is 216 g/mol. The van der Waals surface area contributed by atoms with E-state index in [9.17, 15) is 0 Å². The SMILES string of the molecule is c1nc(NC2CC3CNC2C3)c2cn[nH]c2n1. The summed E-state index contributed by atoms with van der Waals surface area (Å²) < 4.78 is 0. The third-order valence-corrected chi connectivity index (χ3v) is 3.90. The molecule has 2 aliphatic rings. The van der Waals surface area contributed by atoms with E-state index >= 15 is 0 Å². The molecule has 0 spiro atoms. The summed E-state index contributed by atoms with van der Waals surface area (Å²) in [6.07, 6.45) is 5.88. The molecular formula is C11H14N6. The van der Waals surface area contributed by atoms with Crippen LogP contribution in [0.4, 0.5) is 5.82 Å². The Morgan fingerprint density at radius 1 is 1.29 bits per heavy atom. The van der Waals surface area contributed by atoms with Crippen molar-refractivity contribution in [3.63, 3.8) is 0 Å². The summed E-state index contributed by atoms with van der Waals surface area (Å²) in [6, 6.07) is 1.08. The average molecular weight is 230 g/mol. The number of H-pyrrole nitrogens is 1. The molecule has 3 unspecified atom stereocenters. The Kier molecular flexibility index (Phi) is 1.87. The molecule has 17 heavy (non-hydrogen) atoms. The standard InChI is InChI=1S/C11H14N6/c1-6-2-9(8(1)12-3-6)16-10-7-4-15-17-11(7)14-5-13-10/h4-6,8-9,12H,1-3H2,(H2,13,14,15,16,17). The lowest BCUT2D eigenvalue weighted by atomic mass is 10.1. The Bertz CT molecular complexity index is 550. The van der Waals surface area contributed by atoms with Crippen molar-refractivity contribution in [1.29, 1.82) is 0 Å². The Morgan fingerprint density at radius 3 is 3.12 bits per heavy atom. The number of anilines is 1. The Morgan fingerprint density at radius 2 is 2.29 bits per heavy atom. The molecule has 6 heteroatoms. The van der Waals surface area contributed by atoms with Crippen LogP contribution >= 0.6 is 0 Å². The molecule has 3 atom stereocenters. The lowest BCUT2D eigenvalue weighted by Gasteiger charge is -2.24. The van der Waals surface area contributed by atoms with E-state index in [2.05, 4.69) is 30.8 Å². The number of nitrogens with one attached hydrogen (secondary N) is 3. The zero-order valence-electron chi connectivity index (χ0n) is 9.35. The Hall–Kier alpha value is -1.69. The normalized spacial score (nSPS) is 31.2. The van der Waals surface area contributed by atoms with Gasteiger partial charge in [0.15, 0.2) is 5.65 Å². The van der Waals surface area contributed by atoms with Crippen LogP contribution in [0.1, 0.15) is 12.8 Å². The monoisotopic (exact) mass is 230 g/mol. The first-order chi connectivity index (χ1) is 8.40. The summed E-state index contributed by atoms with van der Waals surface area (Å²) >= 11 is 0. The predicted molar refractivity (Wildman–Crippen MR) is 63.6 cm³/mol. The van der Waals surface area contributed by atoms with Gasteiger partial charge in [0, 0.05) is 12.1 Å². The number of hydrogen-bond donors (Lipinski definition) is 3. The number of aromatic amines is 1.